The topological polar surface area (TPSA) is 55.6 Å². The Morgan fingerprint density at radius 3 is 3.00 bits per heavy atom. The first-order chi connectivity index (χ1) is 5.24. The molecule has 1 aliphatic rings. The van der Waals surface area contributed by atoms with Gasteiger partial charge in [0, 0.05) is 6.04 Å². The Hall–Kier alpha value is -0.610. The molecule has 4 heteroatoms. The highest BCUT2D eigenvalue weighted by atomic mass is 16.7. The monoisotopic (exact) mass is 158 g/mol. The van der Waals surface area contributed by atoms with Crippen LogP contribution in [0.5, 0.6) is 0 Å². The second-order valence-electron chi connectivity index (χ2n) is 2.97. The SMILES string of the molecule is CN1CCCC1CC(=O)ON. The van der Waals surface area contributed by atoms with Gasteiger partial charge in [-0.1, -0.05) is 0 Å². The van der Waals surface area contributed by atoms with E-state index in [9.17, 15) is 4.79 Å². The van der Waals surface area contributed by atoms with Gasteiger partial charge >= 0.3 is 5.97 Å². The third kappa shape index (κ3) is 2.17. The van der Waals surface area contributed by atoms with Crippen LogP contribution >= 0.6 is 0 Å². The molecule has 0 aromatic rings. The van der Waals surface area contributed by atoms with Crippen LogP contribution in [-0.2, 0) is 9.63 Å². The second-order valence-corrected chi connectivity index (χ2v) is 2.97. The van der Waals surface area contributed by atoms with Gasteiger partial charge in [-0.25, -0.2) is 0 Å². The van der Waals surface area contributed by atoms with E-state index in [4.69, 9.17) is 5.90 Å². The fourth-order valence-corrected chi connectivity index (χ4v) is 1.48. The Morgan fingerprint density at radius 1 is 1.82 bits per heavy atom. The quantitative estimate of drug-likeness (QED) is 0.569. The van der Waals surface area contributed by atoms with Gasteiger partial charge in [0.1, 0.15) is 0 Å². The molecule has 2 N–H and O–H groups in total. The van der Waals surface area contributed by atoms with Crippen LogP contribution in [0.4, 0.5) is 0 Å². The van der Waals surface area contributed by atoms with Gasteiger partial charge in [-0.2, -0.15) is 5.90 Å². The van der Waals surface area contributed by atoms with Crippen LogP contribution in [0.1, 0.15) is 19.3 Å². The van der Waals surface area contributed by atoms with Gasteiger partial charge in [-0.05, 0) is 26.4 Å². The van der Waals surface area contributed by atoms with E-state index in [1.54, 1.807) is 0 Å². The molecular formula is C7H14N2O2. The average Bonchev–Trinajstić information content (AvgIpc) is 2.37. The highest BCUT2D eigenvalue weighted by Gasteiger charge is 2.23. The van der Waals surface area contributed by atoms with Crippen molar-refractivity contribution in [3.63, 3.8) is 0 Å². The highest BCUT2D eigenvalue weighted by molar-refractivity contribution is 5.69. The van der Waals surface area contributed by atoms with E-state index in [0.717, 1.165) is 13.0 Å². The zero-order chi connectivity index (χ0) is 8.27. The number of nitrogens with two attached hydrogens (primary N) is 1. The van der Waals surface area contributed by atoms with E-state index in [2.05, 4.69) is 9.74 Å². The van der Waals surface area contributed by atoms with E-state index >= 15 is 0 Å². The molecule has 0 aromatic carbocycles. The second kappa shape index (κ2) is 3.69. The third-order valence-corrected chi connectivity index (χ3v) is 2.21. The summed E-state index contributed by atoms with van der Waals surface area (Å²) in [5.74, 6) is 4.41. The number of hydrogen-bond acceptors (Lipinski definition) is 4. The van der Waals surface area contributed by atoms with Gasteiger partial charge in [0.05, 0.1) is 6.42 Å². The molecule has 1 unspecified atom stereocenters. The molecule has 4 nitrogen and oxygen atoms in total. The average molecular weight is 158 g/mol. The minimum Gasteiger partial charge on any atom is -0.373 e. The molecule has 0 bridgehead atoms. The zero-order valence-corrected chi connectivity index (χ0v) is 6.75. The largest absolute Gasteiger partial charge is 0.373 e. The maximum Gasteiger partial charge on any atom is 0.325 e. The summed E-state index contributed by atoms with van der Waals surface area (Å²) in [4.78, 5) is 17.0. The molecule has 1 saturated heterocycles. The Labute approximate surface area is 66.3 Å². The van der Waals surface area contributed by atoms with E-state index in [-0.39, 0.29) is 5.97 Å². The Morgan fingerprint density at radius 2 is 2.55 bits per heavy atom. The van der Waals surface area contributed by atoms with Crippen molar-refractivity contribution < 1.29 is 9.63 Å². The van der Waals surface area contributed by atoms with E-state index < -0.39 is 0 Å². The third-order valence-electron chi connectivity index (χ3n) is 2.21. The van der Waals surface area contributed by atoms with Crippen LogP contribution in [0.3, 0.4) is 0 Å². The predicted molar refractivity (Wildman–Crippen MR) is 40.5 cm³/mol. The molecule has 1 rings (SSSR count). The maximum absolute atomic E-state index is 10.7. The summed E-state index contributed by atoms with van der Waals surface area (Å²) < 4.78 is 0. The first-order valence-electron chi connectivity index (χ1n) is 3.84. The van der Waals surface area contributed by atoms with Crippen molar-refractivity contribution >= 4 is 5.97 Å². The number of hydrogen-bond donors (Lipinski definition) is 1. The molecule has 0 aromatic heterocycles. The Bertz CT molecular complexity index is 149. The lowest BCUT2D eigenvalue weighted by molar-refractivity contribution is -0.145. The zero-order valence-electron chi connectivity index (χ0n) is 6.75. The fourth-order valence-electron chi connectivity index (χ4n) is 1.48. The van der Waals surface area contributed by atoms with Crippen molar-refractivity contribution in [2.45, 2.75) is 25.3 Å². The van der Waals surface area contributed by atoms with Crippen molar-refractivity contribution in [1.29, 1.82) is 0 Å². The van der Waals surface area contributed by atoms with E-state index in [1.165, 1.54) is 6.42 Å². The highest BCUT2D eigenvalue weighted by Crippen LogP contribution is 2.17. The van der Waals surface area contributed by atoms with Crippen LogP contribution in [0.25, 0.3) is 0 Å². The fraction of sp³-hybridized carbons (Fsp3) is 0.857. The summed E-state index contributed by atoms with van der Waals surface area (Å²) >= 11 is 0. The van der Waals surface area contributed by atoms with Crippen LogP contribution in [0.2, 0.25) is 0 Å². The molecule has 0 spiro atoms. The smallest absolute Gasteiger partial charge is 0.325 e. The Balaban J connectivity index is 2.30. The molecule has 1 heterocycles. The summed E-state index contributed by atoms with van der Waals surface area (Å²) in [5.41, 5.74) is 0. The van der Waals surface area contributed by atoms with Crippen molar-refractivity contribution in [3.8, 4) is 0 Å². The molecule has 1 aliphatic heterocycles. The number of carbonyl (C=O) groups is 1. The lowest BCUT2D eigenvalue weighted by Crippen LogP contribution is -2.28. The van der Waals surface area contributed by atoms with Gasteiger partial charge in [-0.3, -0.25) is 4.79 Å². The van der Waals surface area contributed by atoms with Crippen LogP contribution in [0, 0.1) is 0 Å². The number of likely N-dealkylation sites (tertiary alicyclic amines) is 1. The summed E-state index contributed by atoms with van der Waals surface area (Å²) in [5, 5.41) is 0. The van der Waals surface area contributed by atoms with Crippen molar-refractivity contribution in [1.82, 2.24) is 4.90 Å². The van der Waals surface area contributed by atoms with Crippen molar-refractivity contribution in [2.24, 2.45) is 5.90 Å². The van der Waals surface area contributed by atoms with Crippen LogP contribution in [0.15, 0.2) is 0 Å². The number of nitrogens with zero attached hydrogens (tertiary/aromatic N) is 1. The van der Waals surface area contributed by atoms with Gasteiger partial charge in [0.25, 0.3) is 0 Å². The van der Waals surface area contributed by atoms with Gasteiger partial charge in [-0.15, -0.1) is 0 Å². The van der Waals surface area contributed by atoms with E-state index in [0.29, 0.717) is 12.5 Å². The summed E-state index contributed by atoms with van der Waals surface area (Å²) in [6.45, 7) is 1.07. The summed E-state index contributed by atoms with van der Waals surface area (Å²) in [6.07, 6.45) is 2.66. The van der Waals surface area contributed by atoms with E-state index in [1.807, 2.05) is 7.05 Å². The molecule has 11 heavy (non-hydrogen) atoms. The van der Waals surface area contributed by atoms with Crippen LogP contribution < -0.4 is 5.90 Å². The number of carbonyl (C=O) groups excluding carboxylic acids is 1. The summed E-state index contributed by atoms with van der Waals surface area (Å²) in [6, 6.07) is 0.339. The summed E-state index contributed by atoms with van der Waals surface area (Å²) in [7, 11) is 2.02. The van der Waals surface area contributed by atoms with Crippen molar-refractivity contribution in [3.05, 3.63) is 0 Å². The number of rotatable bonds is 2. The van der Waals surface area contributed by atoms with Gasteiger partial charge in [0.2, 0.25) is 0 Å². The van der Waals surface area contributed by atoms with Crippen molar-refractivity contribution in [2.75, 3.05) is 13.6 Å². The van der Waals surface area contributed by atoms with Gasteiger partial charge in [0.15, 0.2) is 0 Å². The lowest BCUT2D eigenvalue weighted by atomic mass is 10.1. The molecule has 1 fully saturated rings. The standard InChI is InChI=1S/C7H14N2O2/c1-9-4-2-3-6(9)5-7(10)11-8/h6H,2-5,8H2,1H3. The molecule has 0 amide bonds. The van der Waals surface area contributed by atoms with Crippen LogP contribution in [-0.4, -0.2) is 30.5 Å². The minimum absolute atomic E-state index is 0.316. The molecule has 0 saturated carbocycles. The molecular weight excluding hydrogens is 144 g/mol. The Kier molecular flexibility index (Phi) is 2.84. The normalized spacial score (nSPS) is 25.5. The predicted octanol–water partition coefficient (Wildman–Crippen LogP) is -0.112. The first kappa shape index (κ1) is 8.49. The molecule has 0 aliphatic carbocycles. The molecule has 64 valence electrons. The lowest BCUT2D eigenvalue weighted by Gasteiger charge is -2.16. The molecule has 0 radical (unpaired) electrons. The van der Waals surface area contributed by atoms with Gasteiger partial charge < -0.3 is 9.74 Å². The molecule has 1 atom stereocenters. The first-order valence-corrected chi connectivity index (χ1v) is 3.84. The maximum atomic E-state index is 10.7. The minimum atomic E-state index is -0.316.